The Labute approximate surface area is 135 Å². The van der Waals surface area contributed by atoms with Crippen LogP contribution in [-0.2, 0) is 19.6 Å². The molecule has 0 amide bonds. The van der Waals surface area contributed by atoms with E-state index in [1.54, 1.807) is 0 Å². The summed E-state index contributed by atoms with van der Waals surface area (Å²) in [4.78, 5) is 2.44. The highest BCUT2D eigenvalue weighted by atomic mass is 15.1. The first-order valence-electron chi connectivity index (χ1n) is 8.28. The summed E-state index contributed by atoms with van der Waals surface area (Å²) < 4.78 is 0. The standard InChI is InChI=1S/C20H28N2/c1-4-22(5-2)16-19-12-10-18(11-13-19)14-21-15-20-9-7-6-8-17(20)3/h6-13,21H,4-5,14-16H2,1-3H3. The number of nitrogens with one attached hydrogen (secondary N) is 1. The molecule has 0 spiro atoms. The molecule has 0 bridgehead atoms. The molecule has 0 saturated heterocycles. The summed E-state index contributed by atoms with van der Waals surface area (Å²) in [6.07, 6.45) is 0. The predicted molar refractivity (Wildman–Crippen MR) is 94.8 cm³/mol. The average Bonchev–Trinajstić information content (AvgIpc) is 2.56. The molecular weight excluding hydrogens is 268 g/mol. The van der Waals surface area contributed by atoms with Crippen LogP contribution in [0.15, 0.2) is 48.5 Å². The number of hydrogen-bond donors (Lipinski definition) is 1. The van der Waals surface area contributed by atoms with Gasteiger partial charge in [0.25, 0.3) is 0 Å². The number of benzene rings is 2. The van der Waals surface area contributed by atoms with Gasteiger partial charge in [-0.05, 0) is 42.3 Å². The van der Waals surface area contributed by atoms with Gasteiger partial charge in [-0.1, -0.05) is 62.4 Å². The fourth-order valence-corrected chi connectivity index (χ4v) is 2.62. The van der Waals surface area contributed by atoms with E-state index in [0.29, 0.717) is 0 Å². The lowest BCUT2D eigenvalue weighted by Gasteiger charge is -2.18. The van der Waals surface area contributed by atoms with E-state index in [0.717, 1.165) is 32.7 Å². The van der Waals surface area contributed by atoms with Crippen LogP contribution in [0.3, 0.4) is 0 Å². The average molecular weight is 296 g/mol. The van der Waals surface area contributed by atoms with E-state index in [-0.39, 0.29) is 0 Å². The second kappa shape index (κ2) is 8.72. The number of nitrogens with zero attached hydrogens (tertiary/aromatic N) is 1. The maximum atomic E-state index is 3.53. The number of hydrogen-bond acceptors (Lipinski definition) is 2. The van der Waals surface area contributed by atoms with E-state index in [2.05, 4.69) is 79.5 Å². The molecule has 0 aliphatic rings. The highest BCUT2D eigenvalue weighted by molar-refractivity contribution is 5.26. The molecule has 2 heteroatoms. The van der Waals surface area contributed by atoms with Crippen molar-refractivity contribution in [1.29, 1.82) is 0 Å². The summed E-state index contributed by atoms with van der Waals surface area (Å²) in [7, 11) is 0. The molecule has 1 N–H and O–H groups in total. The summed E-state index contributed by atoms with van der Waals surface area (Å²) in [6.45, 7) is 11.7. The molecule has 2 nitrogen and oxygen atoms in total. The zero-order valence-electron chi connectivity index (χ0n) is 14.1. The zero-order valence-corrected chi connectivity index (χ0v) is 14.1. The summed E-state index contributed by atoms with van der Waals surface area (Å²) in [5.74, 6) is 0. The van der Waals surface area contributed by atoms with Crippen molar-refractivity contribution in [3.8, 4) is 0 Å². The van der Waals surface area contributed by atoms with Crippen LogP contribution >= 0.6 is 0 Å². The molecule has 0 heterocycles. The van der Waals surface area contributed by atoms with E-state index in [4.69, 9.17) is 0 Å². The summed E-state index contributed by atoms with van der Waals surface area (Å²) in [5, 5.41) is 3.53. The van der Waals surface area contributed by atoms with Gasteiger partial charge < -0.3 is 5.32 Å². The second-order valence-corrected chi connectivity index (χ2v) is 5.81. The lowest BCUT2D eigenvalue weighted by Crippen LogP contribution is -2.22. The molecule has 2 rings (SSSR count). The van der Waals surface area contributed by atoms with Gasteiger partial charge in [-0.25, -0.2) is 0 Å². The van der Waals surface area contributed by atoms with Crippen LogP contribution in [0, 0.1) is 6.92 Å². The topological polar surface area (TPSA) is 15.3 Å². The van der Waals surface area contributed by atoms with Crippen LogP contribution in [-0.4, -0.2) is 18.0 Å². The molecule has 118 valence electrons. The first kappa shape index (κ1) is 16.7. The molecule has 2 aromatic rings. The number of aryl methyl sites for hydroxylation is 1. The van der Waals surface area contributed by atoms with Crippen molar-refractivity contribution in [3.05, 3.63) is 70.8 Å². The first-order valence-corrected chi connectivity index (χ1v) is 8.28. The van der Waals surface area contributed by atoms with Gasteiger partial charge in [0.1, 0.15) is 0 Å². The Hall–Kier alpha value is -1.64. The van der Waals surface area contributed by atoms with E-state index < -0.39 is 0 Å². The van der Waals surface area contributed by atoms with Crippen molar-refractivity contribution in [1.82, 2.24) is 10.2 Å². The molecule has 0 aliphatic heterocycles. The Kier molecular flexibility index (Phi) is 6.63. The van der Waals surface area contributed by atoms with Crippen molar-refractivity contribution in [3.63, 3.8) is 0 Å². The molecule has 0 radical (unpaired) electrons. The molecule has 0 saturated carbocycles. The molecule has 0 fully saturated rings. The van der Waals surface area contributed by atoms with Crippen molar-refractivity contribution in [2.45, 2.75) is 40.4 Å². The minimum absolute atomic E-state index is 0.917. The van der Waals surface area contributed by atoms with Crippen LogP contribution in [0.2, 0.25) is 0 Å². The van der Waals surface area contributed by atoms with Gasteiger partial charge in [-0.15, -0.1) is 0 Å². The van der Waals surface area contributed by atoms with E-state index in [9.17, 15) is 0 Å². The van der Waals surface area contributed by atoms with Crippen molar-refractivity contribution in [2.24, 2.45) is 0 Å². The highest BCUT2D eigenvalue weighted by Crippen LogP contribution is 2.09. The minimum Gasteiger partial charge on any atom is -0.309 e. The highest BCUT2D eigenvalue weighted by Gasteiger charge is 2.01. The fraction of sp³-hybridized carbons (Fsp3) is 0.400. The summed E-state index contributed by atoms with van der Waals surface area (Å²) in [5.41, 5.74) is 5.47. The molecule has 0 aliphatic carbocycles. The maximum Gasteiger partial charge on any atom is 0.0233 e. The molecule has 22 heavy (non-hydrogen) atoms. The van der Waals surface area contributed by atoms with Crippen LogP contribution in [0.1, 0.15) is 36.1 Å². The molecule has 0 atom stereocenters. The lowest BCUT2D eigenvalue weighted by molar-refractivity contribution is 0.296. The van der Waals surface area contributed by atoms with E-state index in [1.807, 2.05) is 0 Å². The Bertz CT molecular complexity index is 556. The van der Waals surface area contributed by atoms with Crippen molar-refractivity contribution < 1.29 is 0 Å². The summed E-state index contributed by atoms with van der Waals surface area (Å²) >= 11 is 0. The van der Waals surface area contributed by atoms with Crippen LogP contribution in [0.4, 0.5) is 0 Å². The quantitative estimate of drug-likeness (QED) is 0.788. The Balaban J connectivity index is 1.83. The maximum absolute atomic E-state index is 3.53. The van der Waals surface area contributed by atoms with Gasteiger partial charge in [-0.3, -0.25) is 4.90 Å². The van der Waals surface area contributed by atoms with Crippen LogP contribution < -0.4 is 5.32 Å². The Morgan fingerprint density at radius 1 is 0.818 bits per heavy atom. The van der Waals surface area contributed by atoms with Crippen molar-refractivity contribution in [2.75, 3.05) is 13.1 Å². The monoisotopic (exact) mass is 296 g/mol. The Morgan fingerprint density at radius 2 is 1.45 bits per heavy atom. The first-order chi connectivity index (χ1) is 10.7. The third kappa shape index (κ3) is 4.97. The van der Waals surface area contributed by atoms with Gasteiger partial charge in [0.2, 0.25) is 0 Å². The third-order valence-electron chi connectivity index (χ3n) is 4.23. The number of rotatable bonds is 8. The fourth-order valence-electron chi connectivity index (χ4n) is 2.62. The third-order valence-corrected chi connectivity index (χ3v) is 4.23. The Morgan fingerprint density at radius 3 is 2.09 bits per heavy atom. The zero-order chi connectivity index (χ0) is 15.8. The molecular formula is C20H28N2. The molecule has 0 unspecified atom stereocenters. The van der Waals surface area contributed by atoms with Crippen LogP contribution in [0.25, 0.3) is 0 Å². The minimum atomic E-state index is 0.917. The van der Waals surface area contributed by atoms with Gasteiger partial charge in [0, 0.05) is 19.6 Å². The van der Waals surface area contributed by atoms with Crippen LogP contribution in [0.5, 0.6) is 0 Å². The van der Waals surface area contributed by atoms with Gasteiger partial charge in [-0.2, -0.15) is 0 Å². The second-order valence-electron chi connectivity index (χ2n) is 5.81. The molecule has 2 aromatic carbocycles. The normalized spacial score (nSPS) is 11.1. The van der Waals surface area contributed by atoms with Gasteiger partial charge in [0.15, 0.2) is 0 Å². The SMILES string of the molecule is CCN(CC)Cc1ccc(CNCc2ccccc2C)cc1. The summed E-state index contributed by atoms with van der Waals surface area (Å²) in [6, 6.07) is 17.5. The van der Waals surface area contributed by atoms with Gasteiger partial charge >= 0.3 is 0 Å². The largest absolute Gasteiger partial charge is 0.309 e. The lowest BCUT2D eigenvalue weighted by atomic mass is 10.1. The van der Waals surface area contributed by atoms with Gasteiger partial charge in [0.05, 0.1) is 0 Å². The van der Waals surface area contributed by atoms with E-state index >= 15 is 0 Å². The van der Waals surface area contributed by atoms with Crippen molar-refractivity contribution >= 4 is 0 Å². The smallest absolute Gasteiger partial charge is 0.0233 e. The predicted octanol–water partition coefficient (Wildman–Crippen LogP) is 4.13. The van der Waals surface area contributed by atoms with E-state index in [1.165, 1.54) is 22.3 Å². The molecule has 0 aromatic heterocycles.